The van der Waals surface area contributed by atoms with Gasteiger partial charge in [-0.25, -0.2) is 0 Å². The van der Waals surface area contributed by atoms with Gasteiger partial charge in [-0.15, -0.1) is 0 Å². The first-order valence-corrected chi connectivity index (χ1v) is 9.13. The first-order valence-electron chi connectivity index (χ1n) is 9.13. The minimum absolute atomic E-state index is 0.112. The normalized spacial score (nSPS) is 13.0. The maximum atomic E-state index is 12.5. The highest BCUT2D eigenvalue weighted by molar-refractivity contribution is 5.81. The van der Waals surface area contributed by atoms with Crippen molar-refractivity contribution >= 4 is 5.91 Å². The lowest BCUT2D eigenvalue weighted by Gasteiger charge is -2.21. The topological polar surface area (TPSA) is 47.6 Å². The van der Waals surface area contributed by atoms with Crippen molar-refractivity contribution in [3.05, 3.63) is 59.2 Å². The van der Waals surface area contributed by atoms with Gasteiger partial charge in [0.05, 0.1) is 6.04 Å². The van der Waals surface area contributed by atoms with Crippen LogP contribution in [0.1, 0.15) is 37.0 Å². The fourth-order valence-corrected chi connectivity index (χ4v) is 2.58. The molecule has 4 heteroatoms. The van der Waals surface area contributed by atoms with E-state index in [1.54, 1.807) is 0 Å². The minimum atomic E-state index is -0.516. The standard InChI is InChI=1S/C22H29NO3/c1-6-20(26-19-12-11-15(2)17(4)13-19)22(24)23-18(5)14-25-21-10-8-7-9-16(21)3/h7-13,18,20H,6,14H2,1-5H3,(H,23,24)/t18-,20-/m0/s1. The maximum Gasteiger partial charge on any atom is 0.261 e. The number of carbonyl (C=O) groups is 1. The maximum absolute atomic E-state index is 12.5. The summed E-state index contributed by atoms with van der Waals surface area (Å²) in [5, 5.41) is 2.98. The Hall–Kier alpha value is -2.49. The Morgan fingerprint density at radius 3 is 2.42 bits per heavy atom. The molecule has 0 saturated heterocycles. The Morgan fingerprint density at radius 2 is 1.77 bits per heavy atom. The van der Waals surface area contributed by atoms with Gasteiger partial charge in [0.1, 0.15) is 18.1 Å². The third kappa shape index (κ3) is 5.51. The van der Waals surface area contributed by atoms with Crippen molar-refractivity contribution in [2.75, 3.05) is 6.61 Å². The number of hydrogen-bond donors (Lipinski definition) is 1. The molecule has 0 spiro atoms. The molecule has 1 amide bonds. The number of carbonyl (C=O) groups excluding carboxylic acids is 1. The Kier molecular flexibility index (Phi) is 7.07. The van der Waals surface area contributed by atoms with E-state index in [1.807, 2.05) is 70.2 Å². The van der Waals surface area contributed by atoms with Crippen molar-refractivity contribution in [2.45, 2.75) is 53.2 Å². The summed E-state index contributed by atoms with van der Waals surface area (Å²) in [5.41, 5.74) is 3.44. The molecule has 0 unspecified atom stereocenters. The van der Waals surface area contributed by atoms with Crippen molar-refractivity contribution < 1.29 is 14.3 Å². The summed E-state index contributed by atoms with van der Waals surface area (Å²) in [6, 6.07) is 13.6. The average Bonchev–Trinajstić information content (AvgIpc) is 2.61. The minimum Gasteiger partial charge on any atom is -0.491 e. The van der Waals surface area contributed by atoms with E-state index in [0.717, 1.165) is 22.6 Å². The van der Waals surface area contributed by atoms with Crippen LogP contribution < -0.4 is 14.8 Å². The molecule has 1 N–H and O–H groups in total. The predicted octanol–water partition coefficient (Wildman–Crippen LogP) is 4.35. The van der Waals surface area contributed by atoms with Crippen LogP contribution in [0, 0.1) is 20.8 Å². The first kappa shape index (κ1) is 19.8. The molecule has 0 heterocycles. The second-order valence-corrected chi connectivity index (χ2v) is 6.75. The van der Waals surface area contributed by atoms with Crippen LogP contribution in [0.15, 0.2) is 42.5 Å². The van der Waals surface area contributed by atoms with Gasteiger partial charge in [-0.1, -0.05) is 31.2 Å². The van der Waals surface area contributed by atoms with Crippen LogP contribution in [0.4, 0.5) is 0 Å². The van der Waals surface area contributed by atoms with Gasteiger partial charge in [0.25, 0.3) is 5.91 Å². The molecular formula is C22H29NO3. The number of amides is 1. The Bertz CT molecular complexity index is 742. The Balaban J connectivity index is 1.89. The first-order chi connectivity index (χ1) is 12.4. The second-order valence-electron chi connectivity index (χ2n) is 6.75. The number of ether oxygens (including phenoxy) is 2. The molecule has 2 rings (SSSR count). The smallest absolute Gasteiger partial charge is 0.261 e. The summed E-state index contributed by atoms with van der Waals surface area (Å²) in [4.78, 5) is 12.5. The number of hydrogen-bond acceptors (Lipinski definition) is 3. The average molecular weight is 355 g/mol. The van der Waals surface area contributed by atoms with E-state index in [4.69, 9.17) is 9.47 Å². The molecule has 0 aromatic heterocycles. The fourth-order valence-electron chi connectivity index (χ4n) is 2.58. The highest BCUT2D eigenvalue weighted by atomic mass is 16.5. The van der Waals surface area contributed by atoms with Crippen LogP contribution >= 0.6 is 0 Å². The van der Waals surface area contributed by atoms with E-state index in [0.29, 0.717) is 13.0 Å². The lowest BCUT2D eigenvalue weighted by molar-refractivity contribution is -0.128. The molecular weight excluding hydrogens is 326 g/mol. The lowest BCUT2D eigenvalue weighted by atomic mass is 10.1. The van der Waals surface area contributed by atoms with Crippen LogP contribution in [0.3, 0.4) is 0 Å². The van der Waals surface area contributed by atoms with Crippen LogP contribution in [0.2, 0.25) is 0 Å². The van der Waals surface area contributed by atoms with Crippen LogP contribution in [0.25, 0.3) is 0 Å². The molecule has 2 aromatic rings. The molecule has 2 aromatic carbocycles. The van der Waals surface area contributed by atoms with E-state index < -0.39 is 6.10 Å². The summed E-state index contributed by atoms with van der Waals surface area (Å²) in [7, 11) is 0. The van der Waals surface area contributed by atoms with Crippen LogP contribution in [0.5, 0.6) is 11.5 Å². The third-order valence-corrected chi connectivity index (χ3v) is 4.39. The summed E-state index contributed by atoms with van der Waals surface area (Å²) >= 11 is 0. The number of para-hydroxylation sites is 1. The number of benzene rings is 2. The van der Waals surface area contributed by atoms with Crippen molar-refractivity contribution in [1.29, 1.82) is 0 Å². The monoisotopic (exact) mass is 355 g/mol. The van der Waals surface area contributed by atoms with Crippen molar-refractivity contribution in [1.82, 2.24) is 5.32 Å². The lowest BCUT2D eigenvalue weighted by Crippen LogP contribution is -2.44. The van der Waals surface area contributed by atoms with E-state index in [2.05, 4.69) is 12.2 Å². The van der Waals surface area contributed by atoms with Gasteiger partial charge in [0.2, 0.25) is 0 Å². The Morgan fingerprint density at radius 1 is 1.04 bits per heavy atom. The summed E-state index contributed by atoms with van der Waals surface area (Å²) in [6.07, 6.45) is 0.0856. The van der Waals surface area contributed by atoms with Gasteiger partial charge >= 0.3 is 0 Å². The van der Waals surface area contributed by atoms with E-state index in [-0.39, 0.29) is 11.9 Å². The molecule has 0 saturated carbocycles. The molecule has 0 fully saturated rings. The second kappa shape index (κ2) is 9.27. The third-order valence-electron chi connectivity index (χ3n) is 4.39. The highest BCUT2D eigenvalue weighted by Crippen LogP contribution is 2.19. The summed E-state index contributed by atoms with van der Waals surface area (Å²) in [5.74, 6) is 1.44. The van der Waals surface area contributed by atoms with Gasteiger partial charge in [0.15, 0.2) is 6.10 Å². The predicted molar refractivity (Wildman–Crippen MR) is 105 cm³/mol. The van der Waals surface area contributed by atoms with E-state index in [1.165, 1.54) is 5.56 Å². The van der Waals surface area contributed by atoms with Crippen LogP contribution in [-0.2, 0) is 4.79 Å². The fraction of sp³-hybridized carbons (Fsp3) is 0.409. The van der Waals surface area contributed by atoms with Crippen molar-refractivity contribution in [2.24, 2.45) is 0 Å². The molecule has 0 aliphatic carbocycles. The zero-order chi connectivity index (χ0) is 19.1. The molecule has 0 radical (unpaired) electrons. The van der Waals surface area contributed by atoms with Crippen LogP contribution in [-0.4, -0.2) is 24.7 Å². The largest absolute Gasteiger partial charge is 0.491 e. The van der Waals surface area contributed by atoms with Gasteiger partial charge in [-0.05, 0) is 69.0 Å². The van der Waals surface area contributed by atoms with E-state index in [9.17, 15) is 4.79 Å². The zero-order valence-electron chi connectivity index (χ0n) is 16.3. The van der Waals surface area contributed by atoms with Gasteiger partial charge in [-0.2, -0.15) is 0 Å². The molecule has 26 heavy (non-hydrogen) atoms. The molecule has 0 bridgehead atoms. The highest BCUT2D eigenvalue weighted by Gasteiger charge is 2.20. The molecule has 2 atom stereocenters. The molecule has 4 nitrogen and oxygen atoms in total. The number of rotatable bonds is 8. The number of nitrogens with one attached hydrogen (secondary N) is 1. The van der Waals surface area contributed by atoms with Crippen molar-refractivity contribution in [3.63, 3.8) is 0 Å². The van der Waals surface area contributed by atoms with Gasteiger partial charge in [-0.3, -0.25) is 4.79 Å². The molecule has 0 aliphatic rings. The number of aryl methyl sites for hydroxylation is 3. The van der Waals surface area contributed by atoms with Gasteiger partial charge in [0, 0.05) is 0 Å². The molecule has 0 aliphatic heterocycles. The zero-order valence-corrected chi connectivity index (χ0v) is 16.3. The van der Waals surface area contributed by atoms with Gasteiger partial charge < -0.3 is 14.8 Å². The van der Waals surface area contributed by atoms with E-state index >= 15 is 0 Å². The summed E-state index contributed by atoms with van der Waals surface area (Å²) in [6.45, 7) is 10.4. The quantitative estimate of drug-likeness (QED) is 0.766. The summed E-state index contributed by atoms with van der Waals surface area (Å²) < 4.78 is 11.7. The van der Waals surface area contributed by atoms with Crippen molar-refractivity contribution in [3.8, 4) is 11.5 Å². The SMILES string of the molecule is CC[C@H](Oc1ccc(C)c(C)c1)C(=O)N[C@@H](C)COc1ccccc1C. The molecule has 140 valence electrons. The Labute approximate surface area is 156 Å².